The second-order valence-corrected chi connectivity index (χ2v) is 7.46. The Bertz CT molecular complexity index is 688. The van der Waals surface area contributed by atoms with Gasteiger partial charge in [0.2, 0.25) is 5.91 Å². The van der Waals surface area contributed by atoms with Crippen molar-refractivity contribution in [3.63, 3.8) is 0 Å². The molecule has 3 N–H and O–H groups in total. The molecule has 1 aliphatic heterocycles. The van der Waals surface area contributed by atoms with Crippen molar-refractivity contribution in [3.05, 3.63) is 71.8 Å². The van der Waals surface area contributed by atoms with Crippen LogP contribution in [0.1, 0.15) is 31.4 Å². The van der Waals surface area contributed by atoms with Gasteiger partial charge in [-0.25, -0.2) is 0 Å². The molecule has 1 heterocycles. The van der Waals surface area contributed by atoms with E-state index in [2.05, 4.69) is 24.5 Å². The van der Waals surface area contributed by atoms with Crippen molar-refractivity contribution in [1.29, 1.82) is 0 Å². The second kappa shape index (κ2) is 8.65. The molecule has 144 valence electrons. The summed E-state index contributed by atoms with van der Waals surface area (Å²) in [7, 11) is 0. The zero-order valence-corrected chi connectivity index (χ0v) is 15.9. The first-order valence-corrected chi connectivity index (χ1v) is 9.46. The molecule has 5 nitrogen and oxygen atoms in total. The molecule has 0 unspecified atom stereocenters. The van der Waals surface area contributed by atoms with E-state index in [1.165, 1.54) is 0 Å². The summed E-state index contributed by atoms with van der Waals surface area (Å²) in [4.78, 5) is 12.8. The first-order valence-electron chi connectivity index (χ1n) is 9.46. The maximum Gasteiger partial charge on any atom is 0.239 e. The average molecular weight is 368 g/mol. The predicted molar refractivity (Wildman–Crippen MR) is 105 cm³/mol. The molecule has 1 aliphatic rings. The lowest BCUT2D eigenvalue weighted by molar-refractivity contribution is -0.125. The van der Waals surface area contributed by atoms with Crippen LogP contribution in [0.2, 0.25) is 0 Å². The fourth-order valence-electron chi connectivity index (χ4n) is 3.59. The Morgan fingerprint density at radius 3 is 2.15 bits per heavy atom. The smallest absolute Gasteiger partial charge is 0.239 e. The van der Waals surface area contributed by atoms with E-state index in [4.69, 9.17) is 4.74 Å². The molecule has 2 aromatic carbocycles. The summed E-state index contributed by atoms with van der Waals surface area (Å²) in [6.45, 7) is 4.89. The highest BCUT2D eigenvalue weighted by atomic mass is 16.5. The maximum atomic E-state index is 12.8. The van der Waals surface area contributed by atoms with Gasteiger partial charge in [0, 0.05) is 0 Å². The molecule has 3 rings (SSSR count). The summed E-state index contributed by atoms with van der Waals surface area (Å²) >= 11 is 0. The molecule has 0 aromatic heterocycles. The number of benzene rings is 2. The molecule has 0 saturated carbocycles. The fraction of sp³-hybridized carbons (Fsp3) is 0.409. The van der Waals surface area contributed by atoms with Gasteiger partial charge in [-0.3, -0.25) is 10.1 Å². The van der Waals surface area contributed by atoms with E-state index in [1.54, 1.807) is 0 Å². The number of nitrogens with one attached hydrogen (secondary N) is 2. The Balaban J connectivity index is 2.01. The largest absolute Gasteiger partial charge is 0.378 e. The highest BCUT2D eigenvalue weighted by Gasteiger charge is 2.42. The van der Waals surface area contributed by atoms with E-state index >= 15 is 0 Å². The van der Waals surface area contributed by atoms with Crippen LogP contribution >= 0.6 is 0 Å². The van der Waals surface area contributed by atoms with Gasteiger partial charge in [0.25, 0.3) is 0 Å². The van der Waals surface area contributed by atoms with Gasteiger partial charge in [-0.05, 0) is 23.5 Å². The molecule has 0 spiro atoms. The van der Waals surface area contributed by atoms with Crippen molar-refractivity contribution >= 4 is 5.91 Å². The second-order valence-electron chi connectivity index (χ2n) is 7.46. The Kier molecular flexibility index (Phi) is 6.26. The number of aliphatic hydroxyl groups is 1. The highest BCUT2D eigenvalue weighted by Crippen LogP contribution is 2.35. The van der Waals surface area contributed by atoms with Crippen molar-refractivity contribution in [3.8, 4) is 0 Å². The number of rotatable bonds is 7. The van der Waals surface area contributed by atoms with Crippen molar-refractivity contribution in [2.24, 2.45) is 5.92 Å². The van der Waals surface area contributed by atoms with Crippen LogP contribution in [-0.4, -0.2) is 36.4 Å². The zero-order valence-electron chi connectivity index (χ0n) is 15.9. The standard InChI is InChI=1S/C22H28N2O3/c1-16(2)13-20(24-21(25)19-14-27-15-23-19)22(26,17-9-5-3-6-10-17)18-11-7-4-8-12-18/h3-12,16,19-20,23,26H,13-15H2,1-2H3,(H,24,25)/t19-,20-/m0/s1. The van der Waals surface area contributed by atoms with Crippen molar-refractivity contribution in [1.82, 2.24) is 10.6 Å². The summed E-state index contributed by atoms with van der Waals surface area (Å²) in [5.41, 5.74) is 0.192. The van der Waals surface area contributed by atoms with E-state index < -0.39 is 17.7 Å². The van der Waals surface area contributed by atoms with Gasteiger partial charge in [-0.1, -0.05) is 74.5 Å². The molecule has 1 saturated heterocycles. The normalized spacial score (nSPS) is 18.4. The van der Waals surface area contributed by atoms with Gasteiger partial charge in [-0.15, -0.1) is 0 Å². The van der Waals surface area contributed by atoms with Crippen molar-refractivity contribution in [2.45, 2.75) is 38.0 Å². The minimum atomic E-state index is -1.33. The van der Waals surface area contributed by atoms with Gasteiger partial charge in [0.1, 0.15) is 11.6 Å². The SMILES string of the molecule is CC(C)C[C@H](NC(=O)[C@@H]1COCN1)C(O)(c1ccccc1)c1ccccc1. The van der Waals surface area contributed by atoms with E-state index in [1.807, 2.05) is 60.7 Å². The molecule has 0 radical (unpaired) electrons. The molecule has 5 heteroatoms. The van der Waals surface area contributed by atoms with Crippen LogP contribution in [0.5, 0.6) is 0 Å². The first kappa shape index (κ1) is 19.5. The zero-order chi connectivity index (χ0) is 19.3. The van der Waals surface area contributed by atoms with Crippen LogP contribution in [0, 0.1) is 5.92 Å². The highest BCUT2D eigenvalue weighted by molar-refractivity contribution is 5.82. The lowest BCUT2D eigenvalue weighted by atomic mass is 9.77. The predicted octanol–water partition coefficient (Wildman–Crippen LogP) is 2.40. The molecule has 2 atom stereocenters. The number of hydrogen-bond acceptors (Lipinski definition) is 4. The monoisotopic (exact) mass is 368 g/mol. The van der Waals surface area contributed by atoms with Crippen LogP contribution in [0.4, 0.5) is 0 Å². The summed E-state index contributed by atoms with van der Waals surface area (Å²) < 4.78 is 5.26. The minimum absolute atomic E-state index is 0.150. The topological polar surface area (TPSA) is 70.6 Å². The number of ether oxygens (including phenoxy) is 1. The van der Waals surface area contributed by atoms with Gasteiger partial charge < -0.3 is 15.2 Å². The van der Waals surface area contributed by atoms with E-state index in [0.717, 1.165) is 11.1 Å². The quantitative estimate of drug-likeness (QED) is 0.702. The third-order valence-electron chi connectivity index (χ3n) is 4.99. The summed E-state index contributed by atoms with van der Waals surface area (Å²) in [5, 5.41) is 18.1. The Labute approximate surface area is 160 Å². The Hall–Kier alpha value is -2.21. The lowest BCUT2D eigenvalue weighted by Gasteiger charge is -2.39. The van der Waals surface area contributed by atoms with Gasteiger partial charge >= 0.3 is 0 Å². The third kappa shape index (κ3) is 4.38. The van der Waals surface area contributed by atoms with Gasteiger partial charge in [0.05, 0.1) is 19.4 Å². The summed E-state index contributed by atoms with van der Waals surface area (Å²) in [6, 6.07) is 18.2. The van der Waals surface area contributed by atoms with Crippen LogP contribution in [0.15, 0.2) is 60.7 Å². The Morgan fingerprint density at radius 2 is 1.70 bits per heavy atom. The molecule has 0 bridgehead atoms. The van der Waals surface area contributed by atoms with E-state index in [9.17, 15) is 9.90 Å². The third-order valence-corrected chi connectivity index (χ3v) is 4.99. The Morgan fingerprint density at radius 1 is 1.15 bits per heavy atom. The maximum absolute atomic E-state index is 12.8. The summed E-state index contributed by atoms with van der Waals surface area (Å²) in [6.07, 6.45) is 0.638. The van der Waals surface area contributed by atoms with Crippen LogP contribution in [0.25, 0.3) is 0 Å². The van der Waals surface area contributed by atoms with Gasteiger partial charge in [-0.2, -0.15) is 0 Å². The number of carbonyl (C=O) groups excluding carboxylic acids is 1. The average Bonchev–Trinajstić information content (AvgIpc) is 3.23. The molecule has 2 aromatic rings. The molecule has 1 amide bonds. The van der Waals surface area contributed by atoms with Crippen molar-refractivity contribution in [2.75, 3.05) is 13.3 Å². The van der Waals surface area contributed by atoms with E-state index in [0.29, 0.717) is 25.7 Å². The van der Waals surface area contributed by atoms with Crippen molar-refractivity contribution < 1.29 is 14.6 Å². The number of hydrogen-bond donors (Lipinski definition) is 3. The van der Waals surface area contributed by atoms with E-state index in [-0.39, 0.29) is 5.91 Å². The minimum Gasteiger partial charge on any atom is -0.378 e. The molecular formula is C22H28N2O3. The number of amides is 1. The molecule has 1 fully saturated rings. The molecular weight excluding hydrogens is 340 g/mol. The fourth-order valence-corrected chi connectivity index (χ4v) is 3.59. The molecule has 0 aliphatic carbocycles. The number of carbonyl (C=O) groups is 1. The molecule has 27 heavy (non-hydrogen) atoms. The lowest BCUT2D eigenvalue weighted by Crippen LogP contribution is -2.55. The summed E-state index contributed by atoms with van der Waals surface area (Å²) in [5.74, 6) is 0.144. The van der Waals surface area contributed by atoms with Crippen LogP contribution in [0.3, 0.4) is 0 Å². The van der Waals surface area contributed by atoms with Crippen LogP contribution < -0.4 is 10.6 Å². The van der Waals surface area contributed by atoms with Crippen LogP contribution in [-0.2, 0) is 15.1 Å². The first-order chi connectivity index (χ1) is 13.0. The van der Waals surface area contributed by atoms with Gasteiger partial charge in [0.15, 0.2) is 0 Å².